The molecule has 452 valence electrons. The van der Waals surface area contributed by atoms with Crippen molar-refractivity contribution in [2.45, 2.75) is 159 Å². The average Bonchev–Trinajstić information content (AvgIpc) is 1.75. The first-order chi connectivity index (χ1) is 41.2. The van der Waals surface area contributed by atoms with Gasteiger partial charge in [-0.2, -0.15) is 0 Å². The van der Waals surface area contributed by atoms with Crippen molar-refractivity contribution in [2.75, 3.05) is 0 Å². The first kappa shape index (κ1) is 61.1. The number of fused-ring (bicyclic) bond motifs is 16. The average molecular weight is 1180 g/mol. The molecule has 19 heteroatoms. The number of aliphatic hydroxyl groups is 2. The summed E-state index contributed by atoms with van der Waals surface area (Å²) >= 11 is 0. The van der Waals surface area contributed by atoms with Crippen molar-refractivity contribution in [3.8, 4) is 0 Å². The number of hydrogen-bond acceptors (Lipinski definition) is 11. The Morgan fingerprint density at radius 3 is 1.15 bits per heavy atom. The molecule has 4 unspecified atom stereocenters. The van der Waals surface area contributed by atoms with E-state index >= 15 is 0 Å². The predicted molar refractivity (Wildman–Crippen MR) is 338 cm³/mol. The van der Waals surface area contributed by atoms with Crippen LogP contribution in [0.1, 0.15) is 196 Å². The molecule has 10 N–H and O–H groups in total. The summed E-state index contributed by atoms with van der Waals surface area (Å²) in [5.74, 6) is -3.81. The molecule has 0 amide bonds. The Labute approximate surface area is 502 Å². The maximum atomic E-state index is 12.2. The number of aromatic nitrogens is 8. The van der Waals surface area contributed by atoms with Crippen molar-refractivity contribution in [1.29, 1.82) is 0 Å². The van der Waals surface area contributed by atoms with Gasteiger partial charge in [-0.05, 0) is 224 Å². The number of ether oxygens (including phenoxy) is 1. The quantitative estimate of drug-likeness (QED) is 0.0382. The lowest BCUT2D eigenvalue weighted by Gasteiger charge is -2.22. The van der Waals surface area contributed by atoms with E-state index in [4.69, 9.17) is 24.7 Å². The molecule has 0 aliphatic carbocycles. The first-order valence-electron chi connectivity index (χ1n) is 29.4. The summed E-state index contributed by atoms with van der Waals surface area (Å²) in [4.78, 5) is 83.2. The molecule has 87 heavy (non-hydrogen) atoms. The van der Waals surface area contributed by atoms with Crippen molar-refractivity contribution < 1.29 is 54.6 Å². The van der Waals surface area contributed by atoms with E-state index in [0.717, 1.165) is 78.0 Å². The topological polar surface area (TPSA) is 314 Å². The molecule has 10 heterocycles. The number of nitrogens with zero attached hydrogens (tertiary/aromatic N) is 4. The number of nitrogens with one attached hydrogen (secondary N) is 4. The third-order valence-electron chi connectivity index (χ3n) is 17.7. The van der Waals surface area contributed by atoms with Gasteiger partial charge in [0.1, 0.15) is 0 Å². The van der Waals surface area contributed by atoms with Crippen molar-refractivity contribution in [2.24, 2.45) is 0 Å². The van der Waals surface area contributed by atoms with Gasteiger partial charge < -0.3 is 55.3 Å². The van der Waals surface area contributed by atoms with Gasteiger partial charge in [0.25, 0.3) is 0 Å². The summed E-state index contributed by atoms with van der Waals surface area (Å²) < 4.78 is 7.27. The lowest BCUT2D eigenvalue weighted by Crippen LogP contribution is -2.14. The molecule has 16 bridgehead atoms. The number of carboxylic acid groups (broad SMARTS) is 4. The molecule has 4 atom stereocenters. The van der Waals surface area contributed by atoms with Crippen LogP contribution in [0.2, 0.25) is 0 Å². The molecular formula is C68H74N8O11. The van der Waals surface area contributed by atoms with Gasteiger partial charge in [-0.15, -0.1) is 0 Å². The number of aryl methyl sites for hydroxylation is 6. The van der Waals surface area contributed by atoms with Crippen LogP contribution in [0, 0.1) is 27.7 Å². The van der Waals surface area contributed by atoms with Gasteiger partial charge in [-0.1, -0.05) is 0 Å². The monoisotopic (exact) mass is 1180 g/mol. The summed E-state index contributed by atoms with van der Waals surface area (Å²) in [6.45, 7) is 22.9. The molecule has 0 saturated heterocycles. The SMILES string of the molecule is CC1=C(CCC(=O)O)c2cc3[nH]c(cc4[nH]c(cc5nc(cc1n2)C(C)=C5C(C)OC(C)c1c(C)c2cc5nc(cc6nc(cc7[nH]c(cc1[nH]2)c(C)c7CCC(=O)O)C(CCC(=O)O)=C6C)C(C)=C5C(C)O)c(C)c4C(C)O)c(C)c3CCC(=O)O. The molecule has 4 aliphatic rings. The molecule has 19 nitrogen and oxygen atoms in total. The molecule has 0 saturated carbocycles. The second-order valence-corrected chi connectivity index (χ2v) is 23.4. The fourth-order valence-electron chi connectivity index (χ4n) is 13.0. The first-order valence-corrected chi connectivity index (χ1v) is 29.4. The van der Waals surface area contributed by atoms with E-state index < -0.39 is 48.3 Å². The molecule has 0 radical (unpaired) electrons. The summed E-state index contributed by atoms with van der Waals surface area (Å²) in [5, 5.41) is 62.2. The third kappa shape index (κ3) is 11.9. The predicted octanol–water partition coefficient (Wildman–Crippen LogP) is 13.3. The Kier molecular flexibility index (Phi) is 16.9. The van der Waals surface area contributed by atoms with Crippen molar-refractivity contribution in [3.05, 3.63) is 139 Å². The molecule has 6 aromatic rings. The Morgan fingerprint density at radius 2 is 0.724 bits per heavy atom. The number of allylic oxidation sites excluding steroid dienone is 6. The van der Waals surface area contributed by atoms with Crippen LogP contribution in [0.5, 0.6) is 0 Å². The Balaban J connectivity index is 1.18. The highest BCUT2D eigenvalue weighted by atomic mass is 16.5. The molecule has 4 aliphatic heterocycles. The molecule has 0 fully saturated rings. The number of aromatic amines is 4. The number of rotatable bonds is 18. The van der Waals surface area contributed by atoms with Crippen molar-refractivity contribution in [1.82, 2.24) is 39.9 Å². The Morgan fingerprint density at radius 1 is 0.379 bits per heavy atom. The van der Waals surface area contributed by atoms with Crippen LogP contribution in [0.3, 0.4) is 0 Å². The van der Waals surface area contributed by atoms with Gasteiger partial charge >= 0.3 is 23.9 Å². The van der Waals surface area contributed by atoms with Crippen LogP contribution in [-0.4, -0.2) is 107 Å². The fourth-order valence-corrected chi connectivity index (χ4v) is 13.0. The summed E-state index contributed by atoms with van der Waals surface area (Å²) in [6.07, 6.45) is -2.71. The van der Waals surface area contributed by atoms with E-state index in [1.54, 1.807) is 13.8 Å². The van der Waals surface area contributed by atoms with Crippen LogP contribution < -0.4 is 0 Å². The number of H-pyrrole nitrogens is 4. The van der Waals surface area contributed by atoms with Crippen LogP contribution in [0.15, 0.2) is 48.5 Å². The number of aliphatic hydroxyl groups excluding tert-OH is 2. The summed E-state index contributed by atoms with van der Waals surface area (Å²) in [7, 11) is 0. The van der Waals surface area contributed by atoms with Crippen LogP contribution >= 0.6 is 0 Å². The van der Waals surface area contributed by atoms with Crippen molar-refractivity contribution in [3.63, 3.8) is 0 Å². The molecular weight excluding hydrogens is 1100 g/mol. The van der Waals surface area contributed by atoms with E-state index in [9.17, 15) is 49.8 Å². The van der Waals surface area contributed by atoms with Crippen LogP contribution in [0.25, 0.3) is 88.7 Å². The number of aliphatic carboxylic acids is 4. The lowest BCUT2D eigenvalue weighted by molar-refractivity contribution is -0.138. The van der Waals surface area contributed by atoms with Gasteiger partial charge in [0, 0.05) is 92.1 Å². The normalized spacial score (nSPS) is 15.0. The highest BCUT2D eigenvalue weighted by Crippen LogP contribution is 2.43. The van der Waals surface area contributed by atoms with E-state index in [-0.39, 0.29) is 51.4 Å². The summed E-state index contributed by atoms with van der Waals surface area (Å²) in [5.41, 5.74) is 22.4. The van der Waals surface area contributed by atoms with E-state index in [0.29, 0.717) is 101 Å². The zero-order chi connectivity index (χ0) is 62.8. The second kappa shape index (κ2) is 24.0. The van der Waals surface area contributed by atoms with Crippen LogP contribution in [-0.2, 0) is 36.8 Å². The highest BCUT2D eigenvalue weighted by Gasteiger charge is 2.30. The largest absolute Gasteiger partial charge is 0.481 e. The highest BCUT2D eigenvalue weighted by molar-refractivity contribution is 5.99. The third-order valence-corrected chi connectivity index (χ3v) is 17.7. The number of carboxylic acids is 4. The van der Waals surface area contributed by atoms with Gasteiger partial charge in [0.05, 0.1) is 70.0 Å². The molecule has 10 rings (SSSR count). The maximum Gasteiger partial charge on any atom is 0.303 e. The van der Waals surface area contributed by atoms with Gasteiger partial charge in [0.2, 0.25) is 0 Å². The fraction of sp³-hybridized carbons (Fsp3) is 0.353. The smallest absolute Gasteiger partial charge is 0.303 e. The van der Waals surface area contributed by atoms with Crippen LogP contribution in [0.4, 0.5) is 0 Å². The number of hydrogen-bond donors (Lipinski definition) is 10. The van der Waals surface area contributed by atoms with Crippen molar-refractivity contribution >= 4 is 113 Å². The molecule has 6 aromatic heterocycles. The molecule has 0 aromatic carbocycles. The summed E-state index contributed by atoms with van der Waals surface area (Å²) in [6, 6.07) is 15.3. The van der Waals surface area contributed by atoms with E-state index in [1.807, 2.05) is 118 Å². The standard InChI is InChI=1S/C68H74N8O11/c1-29-41(13-17-61(79)80)53-28-56-44(16-20-64(85)86)32(4)48(72-56)24-59-68(36(8)52(76-59)25-58-65(37(9)77)33(5)49(73-58)21-45(29)69-53)40(12)87-39(11)67-35(7)50-22-46-30(2)42(14-18-62(81)82)54(70-46)27-55-43(15-19-63(83)84)31(3)47(71-55)23-57-66(38(10)78)34(6)51(74-57)26-60(67)75-50/h21-28,37-40,71-72,74,76-78H,13-20H2,1-12H3,(H,79,80)(H,81,82)(H,83,84)(H,85,86). The van der Waals surface area contributed by atoms with Gasteiger partial charge in [0.15, 0.2) is 0 Å². The van der Waals surface area contributed by atoms with E-state index in [2.05, 4.69) is 19.9 Å². The minimum absolute atomic E-state index is 0.117. The van der Waals surface area contributed by atoms with E-state index in [1.165, 1.54) is 0 Å². The number of carbonyl (C=O) groups is 4. The molecule has 0 spiro atoms. The maximum absolute atomic E-state index is 12.2. The minimum Gasteiger partial charge on any atom is -0.481 e. The minimum atomic E-state index is -0.960. The zero-order valence-electron chi connectivity index (χ0n) is 51.1. The Hall–Kier alpha value is -9.04. The van der Waals surface area contributed by atoms with Gasteiger partial charge in [-0.3, -0.25) is 19.2 Å². The zero-order valence-corrected chi connectivity index (χ0v) is 51.1. The second-order valence-electron chi connectivity index (χ2n) is 23.4. The Bertz CT molecular complexity index is 4420. The lowest BCUT2D eigenvalue weighted by atomic mass is 9.98. The van der Waals surface area contributed by atoms with Gasteiger partial charge in [-0.25, -0.2) is 19.9 Å².